The van der Waals surface area contributed by atoms with Gasteiger partial charge in [0.2, 0.25) is 0 Å². The Bertz CT molecular complexity index is 312. The molecule has 0 aromatic carbocycles. The second-order valence-corrected chi connectivity index (χ2v) is 4.37. The van der Waals surface area contributed by atoms with Crippen LogP contribution in [0.5, 0.6) is 0 Å². The Morgan fingerprint density at radius 1 is 1.41 bits per heavy atom. The highest BCUT2D eigenvalue weighted by molar-refractivity contribution is 5.73. The fourth-order valence-electron chi connectivity index (χ4n) is 2.20. The van der Waals surface area contributed by atoms with Gasteiger partial charge in [0.15, 0.2) is 0 Å². The van der Waals surface area contributed by atoms with Crippen molar-refractivity contribution in [2.45, 2.75) is 19.3 Å². The van der Waals surface area contributed by atoms with Crippen LogP contribution >= 0.6 is 0 Å². The molecule has 0 atom stereocenters. The van der Waals surface area contributed by atoms with Crippen LogP contribution < -0.4 is 5.32 Å². The first-order valence-corrected chi connectivity index (χ1v) is 6.12. The number of hydrogen-bond donors (Lipinski definition) is 1. The lowest BCUT2D eigenvalue weighted by atomic mass is 9.90. The number of likely N-dealkylation sites (tertiary alicyclic amines) is 1. The summed E-state index contributed by atoms with van der Waals surface area (Å²) >= 11 is 0. The van der Waals surface area contributed by atoms with Gasteiger partial charge in [-0.25, -0.2) is 4.79 Å². The van der Waals surface area contributed by atoms with E-state index >= 15 is 0 Å². The van der Waals surface area contributed by atoms with Crippen LogP contribution in [-0.4, -0.2) is 31.1 Å². The Morgan fingerprint density at radius 3 is 2.53 bits per heavy atom. The first kappa shape index (κ1) is 13.6. The van der Waals surface area contributed by atoms with Crippen LogP contribution in [0.4, 0.5) is 4.79 Å². The summed E-state index contributed by atoms with van der Waals surface area (Å²) in [6.45, 7) is 9.21. The lowest BCUT2D eigenvalue weighted by Crippen LogP contribution is -2.43. The summed E-state index contributed by atoms with van der Waals surface area (Å²) in [5, 5.41) is 2.67. The van der Waals surface area contributed by atoms with Gasteiger partial charge < -0.3 is 10.2 Å². The van der Waals surface area contributed by atoms with Crippen LogP contribution in [0.25, 0.3) is 0 Å². The van der Waals surface area contributed by atoms with E-state index in [1.165, 1.54) is 5.57 Å². The first-order valence-electron chi connectivity index (χ1n) is 6.12. The molecule has 1 aliphatic rings. The van der Waals surface area contributed by atoms with Crippen molar-refractivity contribution in [2.24, 2.45) is 5.92 Å². The maximum absolute atomic E-state index is 11.4. The predicted molar refractivity (Wildman–Crippen MR) is 71.8 cm³/mol. The predicted octanol–water partition coefficient (Wildman–Crippen LogP) is 2.73. The average Bonchev–Trinajstić information content (AvgIpc) is 2.38. The second kappa shape index (κ2) is 6.94. The number of piperidine rings is 1. The number of nitrogens with zero attached hydrogens (tertiary/aromatic N) is 1. The number of urea groups is 1. The highest BCUT2D eigenvalue weighted by Gasteiger charge is 2.22. The molecular weight excluding hydrogens is 212 g/mol. The molecule has 1 aliphatic heterocycles. The minimum atomic E-state index is 0.0361. The summed E-state index contributed by atoms with van der Waals surface area (Å²) in [6.07, 6.45) is 8.88. The number of rotatable bonds is 4. The van der Waals surface area contributed by atoms with Gasteiger partial charge in [0, 0.05) is 20.1 Å². The minimum absolute atomic E-state index is 0.0361. The van der Waals surface area contributed by atoms with E-state index in [0.29, 0.717) is 5.92 Å². The molecule has 0 aromatic rings. The zero-order valence-electron chi connectivity index (χ0n) is 10.6. The molecule has 1 fully saturated rings. The van der Waals surface area contributed by atoms with Crippen molar-refractivity contribution >= 4 is 6.03 Å². The molecule has 0 bridgehead atoms. The van der Waals surface area contributed by atoms with Gasteiger partial charge in [0.25, 0.3) is 0 Å². The van der Waals surface area contributed by atoms with Crippen LogP contribution in [0.3, 0.4) is 0 Å². The van der Waals surface area contributed by atoms with Crippen molar-refractivity contribution in [1.82, 2.24) is 10.2 Å². The SMILES string of the molecule is C=C/C=C(\C=C)CC1CCN(C(=O)NC)CC1. The van der Waals surface area contributed by atoms with Crippen molar-refractivity contribution in [3.8, 4) is 0 Å². The monoisotopic (exact) mass is 234 g/mol. The number of amides is 2. The van der Waals surface area contributed by atoms with E-state index < -0.39 is 0 Å². The third kappa shape index (κ3) is 4.10. The quantitative estimate of drug-likeness (QED) is 0.745. The molecule has 94 valence electrons. The molecule has 1 N–H and O–H groups in total. The van der Waals surface area contributed by atoms with Crippen LogP contribution in [-0.2, 0) is 0 Å². The van der Waals surface area contributed by atoms with Crippen molar-refractivity contribution in [3.63, 3.8) is 0 Å². The Balaban J connectivity index is 2.41. The third-order valence-electron chi connectivity index (χ3n) is 3.23. The Hall–Kier alpha value is -1.51. The Labute approximate surface area is 104 Å². The van der Waals surface area contributed by atoms with Crippen molar-refractivity contribution in [1.29, 1.82) is 0 Å². The van der Waals surface area contributed by atoms with E-state index in [-0.39, 0.29) is 6.03 Å². The van der Waals surface area contributed by atoms with E-state index in [1.807, 2.05) is 17.1 Å². The minimum Gasteiger partial charge on any atom is -0.341 e. The van der Waals surface area contributed by atoms with Crippen LogP contribution in [0.15, 0.2) is 37.0 Å². The van der Waals surface area contributed by atoms with E-state index in [0.717, 1.165) is 32.4 Å². The average molecular weight is 234 g/mol. The lowest BCUT2D eigenvalue weighted by Gasteiger charge is -2.31. The van der Waals surface area contributed by atoms with Crippen molar-refractivity contribution in [2.75, 3.05) is 20.1 Å². The number of nitrogens with one attached hydrogen (secondary N) is 1. The van der Waals surface area contributed by atoms with Gasteiger partial charge in [-0.05, 0) is 30.8 Å². The van der Waals surface area contributed by atoms with Gasteiger partial charge >= 0.3 is 6.03 Å². The van der Waals surface area contributed by atoms with Crippen LogP contribution in [0.1, 0.15) is 19.3 Å². The molecule has 0 saturated carbocycles. The maximum atomic E-state index is 11.4. The molecule has 1 rings (SSSR count). The van der Waals surface area contributed by atoms with Gasteiger partial charge in [-0.15, -0.1) is 0 Å². The number of carbonyl (C=O) groups is 1. The zero-order chi connectivity index (χ0) is 12.7. The topological polar surface area (TPSA) is 32.3 Å². The van der Waals surface area contributed by atoms with Crippen molar-refractivity contribution in [3.05, 3.63) is 37.0 Å². The lowest BCUT2D eigenvalue weighted by molar-refractivity contribution is 0.172. The van der Waals surface area contributed by atoms with E-state index in [1.54, 1.807) is 13.1 Å². The third-order valence-corrected chi connectivity index (χ3v) is 3.23. The summed E-state index contributed by atoms with van der Waals surface area (Å²) in [5.41, 5.74) is 1.23. The van der Waals surface area contributed by atoms with E-state index in [9.17, 15) is 4.79 Å². The fourth-order valence-corrected chi connectivity index (χ4v) is 2.20. The van der Waals surface area contributed by atoms with Crippen LogP contribution in [0, 0.1) is 5.92 Å². The smallest absolute Gasteiger partial charge is 0.317 e. The highest BCUT2D eigenvalue weighted by Crippen LogP contribution is 2.24. The molecule has 0 spiro atoms. The molecule has 1 saturated heterocycles. The molecule has 2 amide bonds. The second-order valence-electron chi connectivity index (χ2n) is 4.37. The Kier molecular flexibility index (Phi) is 5.53. The summed E-state index contributed by atoms with van der Waals surface area (Å²) in [7, 11) is 1.68. The van der Waals surface area contributed by atoms with Gasteiger partial charge in [-0.1, -0.05) is 31.4 Å². The van der Waals surface area contributed by atoms with Gasteiger partial charge in [0.1, 0.15) is 0 Å². The standard InChI is InChI=1S/C14H22N2O/c1-4-6-12(5-2)11-13-7-9-16(10-8-13)14(17)15-3/h4-6,13H,1-2,7-11H2,3H3,(H,15,17)/b12-6+. The number of carbonyl (C=O) groups excluding carboxylic acids is 1. The summed E-state index contributed by atoms with van der Waals surface area (Å²) < 4.78 is 0. The van der Waals surface area contributed by atoms with E-state index in [4.69, 9.17) is 0 Å². The Morgan fingerprint density at radius 2 is 2.06 bits per heavy atom. The normalized spacial score (nSPS) is 17.7. The molecule has 0 aromatic heterocycles. The summed E-state index contributed by atoms with van der Waals surface area (Å²) in [4.78, 5) is 13.3. The molecule has 0 radical (unpaired) electrons. The maximum Gasteiger partial charge on any atom is 0.317 e. The van der Waals surface area contributed by atoms with Gasteiger partial charge in [-0.3, -0.25) is 0 Å². The molecule has 0 unspecified atom stereocenters. The molecule has 3 nitrogen and oxygen atoms in total. The molecule has 17 heavy (non-hydrogen) atoms. The fraction of sp³-hybridized carbons (Fsp3) is 0.500. The van der Waals surface area contributed by atoms with Gasteiger partial charge in [0.05, 0.1) is 0 Å². The zero-order valence-corrected chi connectivity index (χ0v) is 10.6. The number of hydrogen-bond acceptors (Lipinski definition) is 1. The molecule has 0 aliphatic carbocycles. The largest absolute Gasteiger partial charge is 0.341 e. The van der Waals surface area contributed by atoms with Crippen LogP contribution in [0.2, 0.25) is 0 Å². The highest BCUT2D eigenvalue weighted by atomic mass is 16.2. The van der Waals surface area contributed by atoms with Crippen molar-refractivity contribution < 1.29 is 4.79 Å². The first-order chi connectivity index (χ1) is 8.21. The molecule has 1 heterocycles. The summed E-state index contributed by atoms with van der Waals surface area (Å²) in [6, 6.07) is 0.0361. The molecule has 3 heteroatoms. The van der Waals surface area contributed by atoms with E-state index in [2.05, 4.69) is 18.5 Å². The van der Waals surface area contributed by atoms with Gasteiger partial charge in [-0.2, -0.15) is 0 Å². The summed E-state index contributed by atoms with van der Waals surface area (Å²) in [5.74, 6) is 0.653. The number of allylic oxidation sites excluding steroid dienone is 4. The molecular formula is C14H22N2O.